The van der Waals surface area contributed by atoms with E-state index in [1.807, 2.05) is 11.8 Å². The molecule has 12 N–H and O–H groups in total. The molecule has 466 valence electrons. The number of nitrogens with two attached hydrogens (primary N) is 1. The highest BCUT2D eigenvalue weighted by Crippen LogP contribution is 2.22. The Kier molecular flexibility index (Phi) is 31.9. The first-order chi connectivity index (χ1) is 37.6. The molecule has 23 heteroatoms. The predicted molar refractivity (Wildman–Crippen MR) is 312 cm³/mol. The maximum absolute atomic E-state index is 14.1. The maximum Gasteiger partial charge on any atom is 0.246 e. The largest absolute Gasteiger partial charge is 0.395 e. The van der Waals surface area contributed by atoms with Crippen LogP contribution in [0.3, 0.4) is 0 Å². The highest BCUT2D eigenvalue weighted by Gasteiger charge is 2.42. The lowest BCUT2D eigenvalue weighted by atomic mass is 9.92. The molecule has 1 rings (SSSR count). The van der Waals surface area contributed by atoms with Crippen LogP contribution >= 0.6 is 0 Å². The van der Waals surface area contributed by atoms with E-state index in [1.54, 1.807) is 48.6 Å². The number of aliphatic hydroxyl groups excluding tert-OH is 2. The zero-order valence-electron chi connectivity index (χ0n) is 52.0. The van der Waals surface area contributed by atoms with Gasteiger partial charge in [-0.1, -0.05) is 93.4 Å². The summed E-state index contributed by atoms with van der Waals surface area (Å²) in [5, 5.41) is 41.8. The molecule has 0 aromatic carbocycles. The van der Waals surface area contributed by atoms with Gasteiger partial charge in [0.2, 0.25) is 53.2 Å². The van der Waals surface area contributed by atoms with Gasteiger partial charge < -0.3 is 68.3 Å². The number of hydrogen-bond acceptors (Lipinski definition) is 14. The number of likely N-dealkylation sites (N-methyl/N-ethyl adjacent to an activating group) is 1. The van der Waals surface area contributed by atoms with Gasteiger partial charge >= 0.3 is 0 Å². The van der Waals surface area contributed by atoms with Crippen molar-refractivity contribution in [3.63, 3.8) is 0 Å². The number of Topliss-reactive ketones (excluding diaryl/α,β-unsaturated/α-hetero) is 1. The summed E-state index contributed by atoms with van der Waals surface area (Å²) in [5.74, 6) is -7.28. The number of rotatable bonds is 38. The topological polar surface area (TPSA) is 340 Å². The van der Waals surface area contributed by atoms with E-state index >= 15 is 0 Å². The lowest BCUT2D eigenvalue weighted by Gasteiger charge is -2.35. The molecule has 0 spiro atoms. The van der Waals surface area contributed by atoms with Gasteiger partial charge in [-0.25, -0.2) is 0 Å². The lowest BCUT2D eigenvalue weighted by molar-refractivity contribution is -0.141. The molecule has 10 atom stereocenters. The van der Waals surface area contributed by atoms with Gasteiger partial charge in [0, 0.05) is 38.5 Å². The molecule has 3 unspecified atom stereocenters. The Bertz CT molecular complexity index is 2090. The minimum Gasteiger partial charge on any atom is -0.395 e. The standard InChI is InChI=1S/C58H107N11O12/c1-17-20-21-22-23-24-26-42(59)52(78)69-28-25-27-44(69)49(75)62-43(32-36(6)31-41(72)33-40(71)19-3)48(74)61-39(9)47(73)65-56(10,11)54(80)64-45(35(4)5)50(76)63-46(37(7)18-2)51(77)66-58(14,15)55(81)67-57(12,13)53(79)60-38(8)34-68(16)29-30-70/h35-39,41-46,70,72H,17-34,59H2,1-16H3,(H,60,79)(H,61,74)(H,62,75)(H,63,76)(H,64,80)(H,65,73)(H,66,77)(H,67,81)/t36?,37-,38?,39-,41?,42-,43-,44-,45-,46-/m0/s1. The van der Waals surface area contributed by atoms with Crippen molar-refractivity contribution in [3.8, 4) is 0 Å². The second-order valence-corrected chi connectivity index (χ2v) is 24.7. The highest BCUT2D eigenvalue weighted by molar-refractivity contribution is 6.00. The third-order valence-corrected chi connectivity index (χ3v) is 15.1. The third-order valence-electron chi connectivity index (χ3n) is 15.1. The van der Waals surface area contributed by atoms with Crippen LogP contribution in [-0.4, -0.2) is 177 Å². The second kappa shape index (κ2) is 35.0. The maximum atomic E-state index is 14.1. The van der Waals surface area contributed by atoms with E-state index in [0.29, 0.717) is 45.3 Å². The summed E-state index contributed by atoms with van der Waals surface area (Å²) < 4.78 is 0. The van der Waals surface area contributed by atoms with Crippen LogP contribution in [-0.2, 0) is 47.9 Å². The Morgan fingerprint density at radius 1 is 0.667 bits per heavy atom. The summed E-state index contributed by atoms with van der Waals surface area (Å²) in [6.45, 7) is 25.6. The number of nitrogens with one attached hydrogen (secondary N) is 8. The Balaban J connectivity index is 3.22. The summed E-state index contributed by atoms with van der Waals surface area (Å²) in [5.41, 5.74) is 1.70. The van der Waals surface area contributed by atoms with Crippen LogP contribution in [0.25, 0.3) is 0 Å². The van der Waals surface area contributed by atoms with E-state index in [-0.39, 0.29) is 50.0 Å². The lowest BCUT2D eigenvalue weighted by Crippen LogP contribution is -2.66. The van der Waals surface area contributed by atoms with Crippen molar-refractivity contribution in [2.24, 2.45) is 23.5 Å². The molecule has 1 aliphatic rings. The first-order valence-corrected chi connectivity index (χ1v) is 29.6. The molecule has 0 aliphatic carbocycles. The Hall–Kier alpha value is -5.26. The van der Waals surface area contributed by atoms with Crippen molar-refractivity contribution in [2.75, 3.05) is 33.3 Å². The number of nitrogens with zero attached hydrogens (tertiary/aromatic N) is 2. The van der Waals surface area contributed by atoms with E-state index < -0.39 is 124 Å². The number of amides is 9. The third kappa shape index (κ3) is 25.4. The van der Waals surface area contributed by atoms with Crippen molar-refractivity contribution < 1.29 is 58.2 Å². The normalized spacial score (nSPS) is 17.3. The minimum atomic E-state index is -1.68. The highest BCUT2D eigenvalue weighted by atomic mass is 16.3. The summed E-state index contributed by atoms with van der Waals surface area (Å²) in [4.78, 5) is 140. The fourth-order valence-electron chi connectivity index (χ4n) is 9.51. The summed E-state index contributed by atoms with van der Waals surface area (Å²) in [7, 11) is 1.80. The first kappa shape index (κ1) is 73.8. The predicted octanol–water partition coefficient (Wildman–Crippen LogP) is 1.98. The van der Waals surface area contributed by atoms with Crippen LogP contribution in [0.4, 0.5) is 0 Å². The molecule has 0 bridgehead atoms. The Morgan fingerprint density at radius 2 is 1.23 bits per heavy atom. The van der Waals surface area contributed by atoms with Crippen molar-refractivity contribution in [3.05, 3.63) is 0 Å². The average molecular weight is 1150 g/mol. The van der Waals surface area contributed by atoms with Crippen LogP contribution in [0.1, 0.15) is 194 Å². The van der Waals surface area contributed by atoms with E-state index in [0.717, 1.165) is 38.5 Å². The number of ketones is 1. The minimum absolute atomic E-state index is 0.00519. The summed E-state index contributed by atoms with van der Waals surface area (Å²) in [6, 6.07) is -6.91. The van der Waals surface area contributed by atoms with Gasteiger partial charge in [-0.3, -0.25) is 47.9 Å². The van der Waals surface area contributed by atoms with Crippen LogP contribution < -0.4 is 48.3 Å². The number of carbonyl (C=O) groups excluding carboxylic acids is 10. The van der Waals surface area contributed by atoms with Gasteiger partial charge in [-0.2, -0.15) is 0 Å². The SMILES string of the molecule is CCCCCCCC[C@H](N)C(=O)N1CCC[C@H]1C(=O)N[C@@H](CC(C)CC(O)CC(=O)CC)C(=O)N[C@@H](C)C(=O)NC(C)(C)C(=O)N[C@H](C(=O)N[C@H](C(=O)NC(C)(C)C(=O)NC(C)(C)C(=O)NC(C)CN(C)CCO)[C@@H](C)CC)C(C)C. The first-order valence-electron chi connectivity index (χ1n) is 29.6. The number of likely N-dealkylation sites (tertiary alicyclic amines) is 1. The Labute approximate surface area is 483 Å². The van der Waals surface area contributed by atoms with E-state index in [2.05, 4.69) is 49.5 Å². The molecular formula is C58H107N11O12. The van der Waals surface area contributed by atoms with E-state index in [9.17, 15) is 58.2 Å². The molecule has 1 saturated heterocycles. The van der Waals surface area contributed by atoms with E-state index in [1.165, 1.54) is 53.4 Å². The zero-order valence-corrected chi connectivity index (χ0v) is 52.0. The fourth-order valence-corrected chi connectivity index (χ4v) is 9.51. The van der Waals surface area contributed by atoms with Gasteiger partial charge in [0.15, 0.2) is 0 Å². The van der Waals surface area contributed by atoms with Crippen molar-refractivity contribution >= 4 is 58.9 Å². The molecular weight excluding hydrogens is 1040 g/mol. The van der Waals surface area contributed by atoms with Crippen LogP contribution in [0.15, 0.2) is 0 Å². The molecule has 0 saturated carbocycles. The quantitative estimate of drug-likeness (QED) is 0.0394. The molecule has 23 nitrogen and oxygen atoms in total. The van der Waals surface area contributed by atoms with Crippen LogP contribution in [0.5, 0.6) is 0 Å². The van der Waals surface area contributed by atoms with Crippen LogP contribution in [0, 0.1) is 17.8 Å². The van der Waals surface area contributed by atoms with Gasteiger partial charge in [0.25, 0.3) is 0 Å². The van der Waals surface area contributed by atoms with Crippen molar-refractivity contribution in [1.29, 1.82) is 0 Å². The van der Waals surface area contributed by atoms with Gasteiger partial charge in [-0.15, -0.1) is 0 Å². The summed E-state index contributed by atoms with van der Waals surface area (Å²) >= 11 is 0. The van der Waals surface area contributed by atoms with Gasteiger partial charge in [0.1, 0.15) is 52.6 Å². The smallest absolute Gasteiger partial charge is 0.246 e. The number of aliphatic hydroxyl groups is 2. The molecule has 0 aromatic heterocycles. The molecule has 1 aliphatic heterocycles. The van der Waals surface area contributed by atoms with Crippen LogP contribution in [0.2, 0.25) is 0 Å². The zero-order chi connectivity index (χ0) is 62.2. The molecule has 1 heterocycles. The van der Waals surface area contributed by atoms with E-state index in [4.69, 9.17) is 5.73 Å². The molecule has 0 radical (unpaired) electrons. The molecule has 81 heavy (non-hydrogen) atoms. The Morgan fingerprint density at radius 3 is 1.81 bits per heavy atom. The van der Waals surface area contributed by atoms with Crippen molar-refractivity contribution in [2.45, 2.75) is 259 Å². The van der Waals surface area contributed by atoms with Gasteiger partial charge in [-0.05, 0) is 112 Å². The number of carbonyl (C=O) groups is 10. The average Bonchev–Trinajstić information content (AvgIpc) is 3.87. The number of hydrogen-bond donors (Lipinski definition) is 11. The number of unbranched alkanes of at least 4 members (excludes halogenated alkanes) is 5. The molecule has 9 amide bonds. The van der Waals surface area contributed by atoms with Crippen molar-refractivity contribution in [1.82, 2.24) is 52.3 Å². The second-order valence-electron chi connectivity index (χ2n) is 24.7. The molecule has 0 aromatic rings. The van der Waals surface area contributed by atoms with Gasteiger partial charge in [0.05, 0.1) is 18.8 Å². The molecule has 1 fully saturated rings. The monoisotopic (exact) mass is 1150 g/mol. The summed E-state index contributed by atoms with van der Waals surface area (Å²) in [6.07, 6.45) is 7.31. The fraction of sp³-hybridized carbons (Fsp3) is 0.828.